The van der Waals surface area contributed by atoms with Crippen molar-refractivity contribution in [3.63, 3.8) is 0 Å². The van der Waals surface area contributed by atoms with Crippen molar-refractivity contribution in [2.75, 3.05) is 18.1 Å². The minimum Gasteiger partial charge on any atom is -0.307 e. The van der Waals surface area contributed by atoms with E-state index in [9.17, 15) is 0 Å². The standard InChI is InChI=1S/C10H15N3S/c1-2-10-12-4-3-8(13-10)9-7-14-6-5-11-9/h3-4,9,11H,2,5-7H2,1H3. The molecular formula is C10H15N3S. The van der Waals surface area contributed by atoms with Crippen molar-refractivity contribution in [2.24, 2.45) is 0 Å². The van der Waals surface area contributed by atoms with Crippen molar-refractivity contribution in [3.05, 3.63) is 23.8 Å². The number of thioether (sulfide) groups is 1. The monoisotopic (exact) mass is 209 g/mol. The van der Waals surface area contributed by atoms with Crippen LogP contribution in [0.15, 0.2) is 12.3 Å². The molecule has 2 rings (SSSR count). The van der Waals surface area contributed by atoms with Crippen LogP contribution in [0.25, 0.3) is 0 Å². The Morgan fingerprint density at radius 2 is 2.57 bits per heavy atom. The smallest absolute Gasteiger partial charge is 0.128 e. The fourth-order valence-electron chi connectivity index (χ4n) is 1.53. The van der Waals surface area contributed by atoms with Gasteiger partial charge in [-0.3, -0.25) is 0 Å². The van der Waals surface area contributed by atoms with E-state index in [1.54, 1.807) is 0 Å². The fourth-order valence-corrected chi connectivity index (χ4v) is 2.49. The molecule has 1 atom stereocenters. The lowest BCUT2D eigenvalue weighted by molar-refractivity contribution is 0.576. The van der Waals surface area contributed by atoms with Crippen LogP contribution in [0, 0.1) is 0 Å². The number of nitrogens with one attached hydrogen (secondary N) is 1. The van der Waals surface area contributed by atoms with Gasteiger partial charge in [-0.25, -0.2) is 9.97 Å². The van der Waals surface area contributed by atoms with E-state index in [-0.39, 0.29) is 0 Å². The van der Waals surface area contributed by atoms with Gasteiger partial charge in [0.1, 0.15) is 5.82 Å². The van der Waals surface area contributed by atoms with E-state index in [0.29, 0.717) is 6.04 Å². The van der Waals surface area contributed by atoms with Gasteiger partial charge in [-0.1, -0.05) is 6.92 Å². The zero-order chi connectivity index (χ0) is 9.80. The number of hydrogen-bond donors (Lipinski definition) is 1. The molecule has 1 unspecified atom stereocenters. The van der Waals surface area contributed by atoms with Crippen molar-refractivity contribution >= 4 is 11.8 Å². The van der Waals surface area contributed by atoms with Gasteiger partial charge >= 0.3 is 0 Å². The van der Waals surface area contributed by atoms with Crippen LogP contribution in [0.2, 0.25) is 0 Å². The second-order valence-electron chi connectivity index (χ2n) is 3.33. The molecule has 2 heterocycles. The predicted octanol–water partition coefficient (Wildman–Crippen LogP) is 1.42. The number of hydrogen-bond acceptors (Lipinski definition) is 4. The van der Waals surface area contributed by atoms with E-state index in [0.717, 1.165) is 30.2 Å². The number of aromatic nitrogens is 2. The summed E-state index contributed by atoms with van der Waals surface area (Å²) < 4.78 is 0. The molecule has 0 saturated carbocycles. The summed E-state index contributed by atoms with van der Waals surface area (Å²) in [5.41, 5.74) is 1.14. The molecule has 1 saturated heterocycles. The summed E-state index contributed by atoms with van der Waals surface area (Å²) in [4.78, 5) is 8.73. The first-order chi connectivity index (χ1) is 6.90. The zero-order valence-electron chi connectivity index (χ0n) is 8.36. The fraction of sp³-hybridized carbons (Fsp3) is 0.600. The van der Waals surface area contributed by atoms with E-state index in [4.69, 9.17) is 0 Å². The Labute approximate surface area is 88.7 Å². The maximum atomic E-state index is 4.53. The Morgan fingerprint density at radius 1 is 1.64 bits per heavy atom. The lowest BCUT2D eigenvalue weighted by atomic mass is 10.2. The third-order valence-corrected chi connectivity index (χ3v) is 3.38. The van der Waals surface area contributed by atoms with Crippen LogP contribution in [-0.4, -0.2) is 28.0 Å². The highest BCUT2D eigenvalue weighted by molar-refractivity contribution is 7.99. The molecule has 1 aliphatic heterocycles. The van der Waals surface area contributed by atoms with Crippen LogP contribution >= 0.6 is 11.8 Å². The van der Waals surface area contributed by atoms with Gasteiger partial charge in [0.15, 0.2) is 0 Å². The maximum absolute atomic E-state index is 4.53. The van der Waals surface area contributed by atoms with Gasteiger partial charge in [-0.05, 0) is 6.07 Å². The topological polar surface area (TPSA) is 37.8 Å². The summed E-state index contributed by atoms with van der Waals surface area (Å²) in [6.07, 6.45) is 2.77. The lowest BCUT2D eigenvalue weighted by Crippen LogP contribution is -2.31. The summed E-state index contributed by atoms with van der Waals surface area (Å²) in [5, 5.41) is 3.48. The number of nitrogens with zero attached hydrogens (tertiary/aromatic N) is 2. The highest BCUT2D eigenvalue weighted by Gasteiger charge is 2.16. The molecule has 0 spiro atoms. The third kappa shape index (κ3) is 2.25. The van der Waals surface area contributed by atoms with Gasteiger partial charge in [-0.15, -0.1) is 0 Å². The van der Waals surface area contributed by atoms with Gasteiger partial charge in [0.05, 0.1) is 11.7 Å². The van der Waals surface area contributed by atoms with Gasteiger partial charge in [0.25, 0.3) is 0 Å². The SMILES string of the molecule is CCc1nccc(C2CSCCN2)n1. The molecule has 1 aromatic rings. The van der Waals surface area contributed by atoms with Gasteiger partial charge < -0.3 is 5.32 Å². The second-order valence-corrected chi connectivity index (χ2v) is 4.48. The summed E-state index contributed by atoms with van der Waals surface area (Å²) in [7, 11) is 0. The first kappa shape index (κ1) is 9.93. The maximum Gasteiger partial charge on any atom is 0.128 e. The minimum atomic E-state index is 0.419. The normalized spacial score (nSPS) is 22.2. The Morgan fingerprint density at radius 3 is 3.29 bits per heavy atom. The summed E-state index contributed by atoms with van der Waals surface area (Å²) in [6.45, 7) is 3.17. The molecule has 14 heavy (non-hydrogen) atoms. The Kier molecular flexibility index (Phi) is 3.37. The molecule has 0 aromatic carbocycles. The lowest BCUT2D eigenvalue weighted by Gasteiger charge is -2.22. The Bertz CT molecular complexity index is 297. The van der Waals surface area contributed by atoms with E-state index in [1.807, 2.05) is 24.0 Å². The van der Waals surface area contributed by atoms with Crippen LogP contribution in [0.1, 0.15) is 24.5 Å². The van der Waals surface area contributed by atoms with Crippen molar-refractivity contribution in [3.8, 4) is 0 Å². The molecular weight excluding hydrogens is 194 g/mol. The molecule has 1 fully saturated rings. The van der Waals surface area contributed by atoms with Crippen LogP contribution in [0.5, 0.6) is 0 Å². The van der Waals surface area contributed by atoms with E-state index >= 15 is 0 Å². The van der Waals surface area contributed by atoms with Crippen LogP contribution in [-0.2, 0) is 6.42 Å². The second kappa shape index (κ2) is 4.75. The highest BCUT2D eigenvalue weighted by Crippen LogP contribution is 2.19. The van der Waals surface area contributed by atoms with Crippen LogP contribution in [0.4, 0.5) is 0 Å². The van der Waals surface area contributed by atoms with Gasteiger partial charge in [-0.2, -0.15) is 11.8 Å². The first-order valence-corrected chi connectivity index (χ1v) is 6.18. The third-order valence-electron chi connectivity index (χ3n) is 2.32. The quantitative estimate of drug-likeness (QED) is 0.799. The molecule has 3 nitrogen and oxygen atoms in total. The molecule has 1 aromatic heterocycles. The molecule has 0 bridgehead atoms. The molecule has 0 radical (unpaired) electrons. The van der Waals surface area contributed by atoms with Crippen LogP contribution < -0.4 is 5.32 Å². The van der Waals surface area contributed by atoms with E-state index in [2.05, 4.69) is 22.2 Å². The summed E-state index contributed by atoms with van der Waals surface area (Å²) >= 11 is 1.99. The molecule has 0 amide bonds. The van der Waals surface area contributed by atoms with Crippen LogP contribution in [0.3, 0.4) is 0 Å². The summed E-state index contributed by atoms with van der Waals surface area (Å²) in [6, 6.07) is 2.44. The Balaban J connectivity index is 2.13. The molecule has 0 aliphatic carbocycles. The first-order valence-electron chi connectivity index (χ1n) is 5.03. The van der Waals surface area contributed by atoms with E-state index in [1.165, 1.54) is 5.75 Å². The predicted molar refractivity (Wildman–Crippen MR) is 59.5 cm³/mol. The minimum absolute atomic E-state index is 0.419. The zero-order valence-corrected chi connectivity index (χ0v) is 9.18. The molecule has 76 valence electrons. The van der Waals surface area contributed by atoms with Crippen molar-refractivity contribution < 1.29 is 0 Å². The van der Waals surface area contributed by atoms with Crippen molar-refractivity contribution in [1.29, 1.82) is 0 Å². The molecule has 1 aliphatic rings. The average Bonchev–Trinajstić information content (AvgIpc) is 2.30. The Hall–Kier alpha value is -0.610. The van der Waals surface area contributed by atoms with E-state index < -0.39 is 0 Å². The van der Waals surface area contributed by atoms with Gasteiger partial charge in [0, 0.05) is 30.7 Å². The van der Waals surface area contributed by atoms with Crippen molar-refractivity contribution in [1.82, 2.24) is 15.3 Å². The number of aryl methyl sites for hydroxylation is 1. The van der Waals surface area contributed by atoms with Crippen molar-refractivity contribution in [2.45, 2.75) is 19.4 Å². The molecule has 4 heteroatoms. The highest BCUT2D eigenvalue weighted by atomic mass is 32.2. The average molecular weight is 209 g/mol. The molecule has 1 N–H and O–H groups in total. The summed E-state index contributed by atoms with van der Waals surface area (Å²) in [5.74, 6) is 3.28. The van der Waals surface area contributed by atoms with Gasteiger partial charge in [0.2, 0.25) is 0 Å². The largest absolute Gasteiger partial charge is 0.307 e. The number of rotatable bonds is 2.